The summed E-state index contributed by atoms with van der Waals surface area (Å²) in [6, 6.07) is 8.96. The number of nitrogens with zero attached hydrogens (tertiary/aromatic N) is 2. The third kappa shape index (κ3) is 3.79. The first kappa shape index (κ1) is 13.5. The fourth-order valence-corrected chi connectivity index (χ4v) is 1.75. The molecular weight excluding hydrogens is 240 g/mol. The molecule has 2 rings (SSSR count). The first-order chi connectivity index (χ1) is 9.19. The van der Waals surface area contributed by atoms with Gasteiger partial charge in [0.15, 0.2) is 0 Å². The SMILES string of the molecule is CC(C)c1ccc(CNc2nnc(CCN)o2)cc1. The highest BCUT2D eigenvalue weighted by atomic mass is 16.4. The first-order valence-corrected chi connectivity index (χ1v) is 6.54. The third-order valence-corrected chi connectivity index (χ3v) is 2.92. The van der Waals surface area contributed by atoms with Gasteiger partial charge in [0.1, 0.15) is 0 Å². The molecule has 3 N–H and O–H groups in total. The van der Waals surface area contributed by atoms with Crippen LogP contribution in [0.3, 0.4) is 0 Å². The maximum Gasteiger partial charge on any atom is 0.315 e. The molecule has 1 aromatic heterocycles. The van der Waals surface area contributed by atoms with Crippen molar-refractivity contribution in [2.45, 2.75) is 32.7 Å². The topological polar surface area (TPSA) is 77.0 Å². The highest BCUT2D eigenvalue weighted by Gasteiger charge is 2.05. The molecule has 0 saturated heterocycles. The van der Waals surface area contributed by atoms with Gasteiger partial charge in [-0.3, -0.25) is 0 Å². The molecule has 0 bridgehead atoms. The Hall–Kier alpha value is -1.88. The van der Waals surface area contributed by atoms with Crippen molar-refractivity contribution >= 4 is 6.01 Å². The number of anilines is 1. The second kappa shape index (κ2) is 6.33. The van der Waals surface area contributed by atoms with E-state index in [1.165, 1.54) is 11.1 Å². The van der Waals surface area contributed by atoms with E-state index in [0.717, 1.165) is 0 Å². The maximum atomic E-state index is 5.43. The molecule has 0 aliphatic heterocycles. The summed E-state index contributed by atoms with van der Waals surface area (Å²) in [5.41, 5.74) is 7.95. The molecule has 2 aromatic rings. The average molecular weight is 260 g/mol. The quantitative estimate of drug-likeness (QED) is 0.833. The molecule has 0 amide bonds. The van der Waals surface area contributed by atoms with Crippen molar-refractivity contribution < 1.29 is 4.42 Å². The van der Waals surface area contributed by atoms with Crippen molar-refractivity contribution in [3.05, 3.63) is 41.3 Å². The Kier molecular flexibility index (Phi) is 4.52. The minimum Gasteiger partial charge on any atom is -0.408 e. The van der Waals surface area contributed by atoms with Crippen molar-refractivity contribution in [2.24, 2.45) is 5.73 Å². The highest BCUT2D eigenvalue weighted by Crippen LogP contribution is 2.15. The summed E-state index contributed by atoms with van der Waals surface area (Å²) in [4.78, 5) is 0. The minimum atomic E-state index is 0.441. The van der Waals surface area contributed by atoms with Crippen LogP contribution in [0.25, 0.3) is 0 Å². The lowest BCUT2D eigenvalue weighted by Gasteiger charge is -2.06. The van der Waals surface area contributed by atoms with Gasteiger partial charge < -0.3 is 15.5 Å². The number of rotatable bonds is 6. The van der Waals surface area contributed by atoms with Crippen molar-refractivity contribution in [3.8, 4) is 0 Å². The molecule has 0 fully saturated rings. The van der Waals surface area contributed by atoms with E-state index >= 15 is 0 Å². The van der Waals surface area contributed by atoms with Gasteiger partial charge >= 0.3 is 6.01 Å². The second-order valence-corrected chi connectivity index (χ2v) is 4.79. The summed E-state index contributed by atoms with van der Waals surface area (Å²) in [5.74, 6) is 1.12. The summed E-state index contributed by atoms with van der Waals surface area (Å²) in [5, 5.41) is 10.9. The fraction of sp³-hybridized carbons (Fsp3) is 0.429. The normalized spacial score (nSPS) is 10.9. The van der Waals surface area contributed by atoms with Crippen LogP contribution in [0.1, 0.15) is 36.8 Å². The Morgan fingerprint density at radius 1 is 1.21 bits per heavy atom. The van der Waals surface area contributed by atoms with E-state index in [1.807, 2.05) is 0 Å². The molecular formula is C14H20N4O. The highest BCUT2D eigenvalue weighted by molar-refractivity contribution is 5.28. The Balaban J connectivity index is 1.90. The van der Waals surface area contributed by atoms with Gasteiger partial charge in [0, 0.05) is 19.5 Å². The third-order valence-electron chi connectivity index (χ3n) is 2.92. The number of nitrogens with one attached hydrogen (secondary N) is 1. The lowest BCUT2D eigenvalue weighted by Crippen LogP contribution is -2.02. The Morgan fingerprint density at radius 2 is 1.95 bits per heavy atom. The zero-order chi connectivity index (χ0) is 13.7. The fourth-order valence-electron chi connectivity index (χ4n) is 1.75. The smallest absolute Gasteiger partial charge is 0.315 e. The predicted octanol–water partition coefficient (Wildman–Crippen LogP) is 2.31. The van der Waals surface area contributed by atoms with Crippen LogP contribution < -0.4 is 11.1 Å². The van der Waals surface area contributed by atoms with Gasteiger partial charge in [-0.25, -0.2) is 0 Å². The molecule has 5 heteroatoms. The van der Waals surface area contributed by atoms with E-state index in [-0.39, 0.29) is 0 Å². The summed E-state index contributed by atoms with van der Waals surface area (Å²) in [7, 11) is 0. The average Bonchev–Trinajstić information content (AvgIpc) is 2.85. The Bertz CT molecular complexity index is 504. The number of nitrogens with two attached hydrogens (primary N) is 1. The minimum absolute atomic E-state index is 0.441. The Labute approximate surface area is 113 Å². The molecule has 19 heavy (non-hydrogen) atoms. The number of benzene rings is 1. The van der Waals surface area contributed by atoms with Gasteiger partial charge in [-0.2, -0.15) is 0 Å². The van der Waals surface area contributed by atoms with E-state index in [0.29, 0.717) is 37.3 Å². The van der Waals surface area contributed by atoms with Crippen LogP contribution in [0.15, 0.2) is 28.7 Å². The second-order valence-electron chi connectivity index (χ2n) is 4.79. The summed E-state index contributed by atoms with van der Waals surface area (Å²) in [6.07, 6.45) is 0.609. The molecule has 1 heterocycles. The van der Waals surface area contributed by atoms with Crippen LogP contribution >= 0.6 is 0 Å². The molecule has 0 aliphatic rings. The summed E-state index contributed by atoms with van der Waals surface area (Å²) in [6.45, 7) is 5.55. The van der Waals surface area contributed by atoms with Crippen LogP contribution in [0, 0.1) is 0 Å². The van der Waals surface area contributed by atoms with Crippen molar-refractivity contribution in [1.82, 2.24) is 10.2 Å². The molecule has 1 aromatic carbocycles. The van der Waals surface area contributed by atoms with E-state index in [1.54, 1.807) is 0 Å². The number of hydrogen-bond donors (Lipinski definition) is 2. The Morgan fingerprint density at radius 3 is 2.58 bits per heavy atom. The molecule has 0 unspecified atom stereocenters. The predicted molar refractivity (Wildman–Crippen MR) is 74.9 cm³/mol. The van der Waals surface area contributed by atoms with Crippen LogP contribution in [0.4, 0.5) is 6.01 Å². The first-order valence-electron chi connectivity index (χ1n) is 6.54. The monoisotopic (exact) mass is 260 g/mol. The summed E-state index contributed by atoms with van der Waals surface area (Å²) < 4.78 is 5.39. The molecule has 0 saturated carbocycles. The lowest BCUT2D eigenvalue weighted by molar-refractivity contribution is 0.505. The molecule has 0 aliphatic carbocycles. The zero-order valence-electron chi connectivity index (χ0n) is 11.4. The molecule has 0 radical (unpaired) electrons. The molecule has 102 valence electrons. The van der Waals surface area contributed by atoms with Gasteiger partial charge in [0.2, 0.25) is 5.89 Å². The zero-order valence-corrected chi connectivity index (χ0v) is 11.4. The van der Waals surface area contributed by atoms with Gasteiger partial charge in [-0.1, -0.05) is 43.2 Å². The van der Waals surface area contributed by atoms with E-state index in [2.05, 4.69) is 53.6 Å². The van der Waals surface area contributed by atoms with Gasteiger partial charge in [-0.05, 0) is 17.0 Å². The standard InChI is InChI=1S/C14H20N4O/c1-10(2)12-5-3-11(4-6-12)9-16-14-18-17-13(19-14)7-8-15/h3-6,10H,7-9,15H2,1-2H3,(H,16,18). The maximum absolute atomic E-state index is 5.43. The molecule has 0 spiro atoms. The largest absolute Gasteiger partial charge is 0.408 e. The van der Waals surface area contributed by atoms with E-state index in [9.17, 15) is 0 Å². The van der Waals surface area contributed by atoms with E-state index in [4.69, 9.17) is 10.2 Å². The van der Waals surface area contributed by atoms with Crippen LogP contribution in [-0.2, 0) is 13.0 Å². The molecule has 5 nitrogen and oxygen atoms in total. The van der Waals surface area contributed by atoms with Gasteiger partial charge in [-0.15, -0.1) is 5.10 Å². The number of aromatic nitrogens is 2. The molecule has 0 atom stereocenters. The van der Waals surface area contributed by atoms with Crippen LogP contribution in [0.2, 0.25) is 0 Å². The van der Waals surface area contributed by atoms with Crippen molar-refractivity contribution in [3.63, 3.8) is 0 Å². The lowest BCUT2D eigenvalue weighted by atomic mass is 10.0. The van der Waals surface area contributed by atoms with E-state index < -0.39 is 0 Å². The number of hydrogen-bond acceptors (Lipinski definition) is 5. The van der Waals surface area contributed by atoms with Gasteiger partial charge in [0.25, 0.3) is 0 Å². The van der Waals surface area contributed by atoms with Crippen molar-refractivity contribution in [1.29, 1.82) is 0 Å². The van der Waals surface area contributed by atoms with Crippen LogP contribution in [-0.4, -0.2) is 16.7 Å². The van der Waals surface area contributed by atoms with Gasteiger partial charge in [0.05, 0.1) is 0 Å². The summed E-state index contributed by atoms with van der Waals surface area (Å²) >= 11 is 0. The van der Waals surface area contributed by atoms with Crippen molar-refractivity contribution in [2.75, 3.05) is 11.9 Å². The van der Waals surface area contributed by atoms with Crippen LogP contribution in [0.5, 0.6) is 0 Å².